The molecule has 2 N–H and O–H groups in total. The van der Waals surface area contributed by atoms with Crippen molar-refractivity contribution in [3.63, 3.8) is 0 Å². The summed E-state index contributed by atoms with van der Waals surface area (Å²) >= 11 is 0. The van der Waals surface area contributed by atoms with Gasteiger partial charge in [0, 0.05) is 66.5 Å². The molecule has 0 saturated carbocycles. The Kier molecular flexibility index (Phi) is 5.84. The molecular formula is C26H27N9. The monoisotopic (exact) mass is 465 g/mol. The summed E-state index contributed by atoms with van der Waals surface area (Å²) in [6, 6.07) is 8.30. The molecule has 0 aliphatic heterocycles. The van der Waals surface area contributed by atoms with Crippen LogP contribution in [0.25, 0.3) is 44.6 Å². The van der Waals surface area contributed by atoms with E-state index in [1.54, 1.807) is 6.20 Å². The second-order valence-corrected chi connectivity index (χ2v) is 8.83. The van der Waals surface area contributed by atoms with Crippen molar-refractivity contribution >= 4 is 34.5 Å². The standard InChI is InChI=1S/C26H27N9/c1-16(27-2)14-35(5)23-6-7-29-25-20(23)10-22(31-25)24-21-9-19(13-30-26(21)33-32-24)18-8-17(11-28-12-18)15-34(3)4/h6-14H,2,15H2,1,3-5H3,(H,29,31)(H,30,32,33)/b16-14-. The van der Waals surface area contributed by atoms with Crippen molar-refractivity contribution in [3.05, 3.63) is 66.5 Å². The van der Waals surface area contributed by atoms with Crippen molar-refractivity contribution in [2.45, 2.75) is 13.5 Å². The second kappa shape index (κ2) is 9.11. The van der Waals surface area contributed by atoms with E-state index in [1.165, 1.54) is 0 Å². The molecule has 176 valence electrons. The summed E-state index contributed by atoms with van der Waals surface area (Å²) in [5.41, 5.74) is 8.14. The lowest BCUT2D eigenvalue weighted by molar-refractivity contribution is 0.402. The fraction of sp³-hybridized carbons (Fsp3) is 0.192. The molecule has 9 nitrogen and oxygen atoms in total. The Morgan fingerprint density at radius 3 is 2.66 bits per heavy atom. The molecule has 0 saturated heterocycles. The highest BCUT2D eigenvalue weighted by molar-refractivity contribution is 5.98. The van der Waals surface area contributed by atoms with Gasteiger partial charge >= 0.3 is 0 Å². The van der Waals surface area contributed by atoms with Crippen LogP contribution in [0.5, 0.6) is 0 Å². The molecule has 0 radical (unpaired) electrons. The zero-order valence-electron chi connectivity index (χ0n) is 20.2. The maximum Gasteiger partial charge on any atom is 0.155 e. The number of nitrogens with zero attached hydrogens (tertiary/aromatic N) is 7. The number of hydrogen-bond donors (Lipinski definition) is 2. The van der Waals surface area contributed by atoms with Gasteiger partial charge in [-0.05, 0) is 57.6 Å². The summed E-state index contributed by atoms with van der Waals surface area (Å²) in [6.45, 7) is 6.33. The number of H-pyrrole nitrogens is 2. The summed E-state index contributed by atoms with van der Waals surface area (Å²) in [4.78, 5) is 25.1. The molecule has 0 atom stereocenters. The Morgan fingerprint density at radius 2 is 1.86 bits per heavy atom. The van der Waals surface area contributed by atoms with Gasteiger partial charge in [0.1, 0.15) is 11.3 Å². The number of fused-ring (bicyclic) bond motifs is 2. The van der Waals surface area contributed by atoms with Gasteiger partial charge in [0.25, 0.3) is 0 Å². The topological polar surface area (TPSA) is 102 Å². The fourth-order valence-electron chi connectivity index (χ4n) is 4.20. The maximum atomic E-state index is 4.62. The van der Waals surface area contributed by atoms with E-state index in [1.807, 2.05) is 63.8 Å². The highest BCUT2D eigenvalue weighted by Gasteiger charge is 2.16. The number of aromatic nitrogens is 6. The number of nitrogens with one attached hydrogen (secondary N) is 2. The van der Waals surface area contributed by atoms with E-state index in [4.69, 9.17) is 0 Å². The van der Waals surface area contributed by atoms with Crippen molar-refractivity contribution in [2.75, 3.05) is 26.0 Å². The van der Waals surface area contributed by atoms with E-state index in [0.717, 1.165) is 68.1 Å². The van der Waals surface area contributed by atoms with Gasteiger partial charge in [0.2, 0.25) is 0 Å². The first-order valence-corrected chi connectivity index (χ1v) is 11.2. The number of hydrogen-bond acceptors (Lipinski definition) is 7. The van der Waals surface area contributed by atoms with Gasteiger partial charge < -0.3 is 14.8 Å². The van der Waals surface area contributed by atoms with Crippen LogP contribution in [0.15, 0.2) is 65.9 Å². The van der Waals surface area contributed by atoms with Gasteiger partial charge in [-0.15, -0.1) is 0 Å². The summed E-state index contributed by atoms with van der Waals surface area (Å²) in [5, 5.41) is 9.54. The average molecular weight is 466 g/mol. The molecule has 5 heterocycles. The van der Waals surface area contributed by atoms with Gasteiger partial charge in [-0.1, -0.05) is 0 Å². The molecule has 0 amide bonds. The minimum absolute atomic E-state index is 0.723. The molecule has 0 aliphatic carbocycles. The predicted molar refractivity (Wildman–Crippen MR) is 141 cm³/mol. The van der Waals surface area contributed by atoms with Crippen molar-refractivity contribution in [2.24, 2.45) is 4.99 Å². The molecule has 5 aromatic rings. The summed E-state index contributed by atoms with van der Waals surface area (Å²) in [5.74, 6) is 0. The van der Waals surface area contributed by atoms with Gasteiger partial charge in [-0.2, -0.15) is 5.10 Å². The van der Waals surface area contributed by atoms with Crippen molar-refractivity contribution in [1.82, 2.24) is 35.0 Å². The van der Waals surface area contributed by atoms with E-state index in [2.05, 4.69) is 64.9 Å². The third-order valence-electron chi connectivity index (χ3n) is 5.82. The Hall–Kier alpha value is -4.37. The third-order valence-corrected chi connectivity index (χ3v) is 5.82. The average Bonchev–Trinajstić information content (AvgIpc) is 3.47. The smallest absolute Gasteiger partial charge is 0.155 e. The van der Waals surface area contributed by atoms with E-state index in [-0.39, 0.29) is 0 Å². The molecule has 0 fully saturated rings. The number of anilines is 1. The Balaban J connectivity index is 1.57. The Morgan fingerprint density at radius 1 is 1.03 bits per heavy atom. The van der Waals surface area contributed by atoms with Crippen LogP contribution in [-0.2, 0) is 6.54 Å². The van der Waals surface area contributed by atoms with Crippen LogP contribution < -0.4 is 4.90 Å². The number of aromatic amines is 2. The maximum absolute atomic E-state index is 4.62. The van der Waals surface area contributed by atoms with E-state index >= 15 is 0 Å². The first-order chi connectivity index (χ1) is 16.9. The van der Waals surface area contributed by atoms with Crippen LogP contribution in [0, 0.1) is 0 Å². The normalized spacial score (nSPS) is 12.1. The summed E-state index contributed by atoms with van der Waals surface area (Å²) in [7, 11) is 6.07. The minimum Gasteiger partial charge on any atom is -0.349 e. The van der Waals surface area contributed by atoms with Crippen LogP contribution in [0.2, 0.25) is 0 Å². The number of aliphatic imine (C=N–C) groups is 1. The first-order valence-electron chi connectivity index (χ1n) is 11.2. The van der Waals surface area contributed by atoms with E-state index < -0.39 is 0 Å². The Labute approximate surface area is 203 Å². The molecule has 0 spiro atoms. The molecule has 0 aromatic carbocycles. The molecule has 5 rings (SSSR count). The van der Waals surface area contributed by atoms with E-state index in [0.29, 0.717) is 0 Å². The number of allylic oxidation sites excluding steroid dienone is 1. The van der Waals surface area contributed by atoms with Crippen LogP contribution in [0.4, 0.5) is 5.69 Å². The van der Waals surface area contributed by atoms with Crippen molar-refractivity contribution < 1.29 is 0 Å². The van der Waals surface area contributed by atoms with Crippen LogP contribution >= 0.6 is 0 Å². The fourth-order valence-corrected chi connectivity index (χ4v) is 4.20. The summed E-state index contributed by atoms with van der Waals surface area (Å²) < 4.78 is 0. The SMILES string of the molecule is C=N/C(C)=C\N(C)c1ccnc2[nH]c(-c3n[nH]c4ncc(-c5cncc(CN(C)C)c5)cc34)cc12. The predicted octanol–water partition coefficient (Wildman–Crippen LogP) is 4.62. The Bertz CT molecular complexity index is 1560. The highest BCUT2D eigenvalue weighted by atomic mass is 15.2. The molecule has 0 aliphatic rings. The van der Waals surface area contributed by atoms with Crippen molar-refractivity contribution in [1.29, 1.82) is 0 Å². The van der Waals surface area contributed by atoms with Crippen molar-refractivity contribution in [3.8, 4) is 22.5 Å². The van der Waals surface area contributed by atoms with Gasteiger partial charge in [-0.25, -0.2) is 9.97 Å². The zero-order chi connectivity index (χ0) is 24.5. The lowest BCUT2D eigenvalue weighted by Gasteiger charge is -2.15. The lowest BCUT2D eigenvalue weighted by Crippen LogP contribution is -2.10. The first kappa shape index (κ1) is 22.4. The van der Waals surface area contributed by atoms with Crippen LogP contribution in [-0.4, -0.2) is 62.9 Å². The second-order valence-electron chi connectivity index (χ2n) is 8.83. The molecule has 35 heavy (non-hydrogen) atoms. The lowest BCUT2D eigenvalue weighted by atomic mass is 10.1. The largest absolute Gasteiger partial charge is 0.349 e. The molecule has 0 unspecified atom stereocenters. The van der Waals surface area contributed by atoms with Gasteiger partial charge in [0.05, 0.1) is 17.1 Å². The molecule has 0 bridgehead atoms. The summed E-state index contributed by atoms with van der Waals surface area (Å²) in [6.07, 6.45) is 9.34. The van der Waals surface area contributed by atoms with Crippen LogP contribution in [0.1, 0.15) is 12.5 Å². The molecular weight excluding hydrogens is 438 g/mol. The molecule has 9 heteroatoms. The third kappa shape index (κ3) is 4.41. The quantitative estimate of drug-likeness (QED) is 0.340. The van der Waals surface area contributed by atoms with Gasteiger partial charge in [0.15, 0.2) is 5.65 Å². The number of pyridine rings is 3. The van der Waals surface area contributed by atoms with Gasteiger partial charge in [-0.3, -0.25) is 15.1 Å². The number of rotatable bonds is 7. The van der Waals surface area contributed by atoms with E-state index in [9.17, 15) is 0 Å². The van der Waals surface area contributed by atoms with Crippen LogP contribution in [0.3, 0.4) is 0 Å². The zero-order valence-corrected chi connectivity index (χ0v) is 20.2. The highest BCUT2D eigenvalue weighted by Crippen LogP contribution is 2.33. The minimum atomic E-state index is 0.723. The molecule has 5 aromatic heterocycles.